The normalized spacial score (nSPS) is 17.1. The highest BCUT2D eigenvalue weighted by molar-refractivity contribution is 6.29. The van der Waals surface area contributed by atoms with E-state index in [1.807, 2.05) is 0 Å². The van der Waals surface area contributed by atoms with E-state index >= 15 is 0 Å². The number of guanidine groups is 1. The summed E-state index contributed by atoms with van der Waals surface area (Å²) in [7, 11) is 0. The third-order valence-corrected chi connectivity index (χ3v) is 2.48. The lowest BCUT2D eigenvalue weighted by Crippen LogP contribution is -2.32. The number of carbonyl (C=O) groups is 1. The molecule has 1 N–H and O–H groups in total. The molecule has 0 saturated carbocycles. The molecule has 1 aliphatic heterocycles. The van der Waals surface area contributed by atoms with Gasteiger partial charge >= 0.3 is 0 Å². The van der Waals surface area contributed by atoms with Crippen molar-refractivity contribution in [2.75, 3.05) is 6.54 Å². The predicted octanol–water partition coefficient (Wildman–Crippen LogP) is 0.215. The number of pyridine rings is 1. The van der Waals surface area contributed by atoms with Gasteiger partial charge in [-0.25, -0.2) is 15.1 Å². The lowest BCUT2D eigenvalue weighted by molar-refractivity contribution is -0.485. The van der Waals surface area contributed by atoms with E-state index in [4.69, 9.17) is 11.6 Å². The molecule has 1 saturated heterocycles. The number of nitrogens with one attached hydrogen (secondary N) is 1. The molecular formula is C9H8ClN5O3. The molecule has 0 spiro atoms. The second-order valence-electron chi connectivity index (χ2n) is 3.48. The third kappa shape index (κ3) is 2.72. The monoisotopic (exact) mass is 269 g/mol. The fourth-order valence-electron chi connectivity index (χ4n) is 1.48. The van der Waals surface area contributed by atoms with Gasteiger partial charge in [0.15, 0.2) is 5.03 Å². The van der Waals surface area contributed by atoms with Gasteiger partial charge < -0.3 is 5.32 Å². The van der Waals surface area contributed by atoms with Gasteiger partial charge in [-0.3, -0.25) is 9.69 Å². The van der Waals surface area contributed by atoms with Crippen molar-refractivity contribution in [3.63, 3.8) is 0 Å². The molecule has 2 rings (SSSR count). The van der Waals surface area contributed by atoms with Crippen molar-refractivity contribution in [2.45, 2.75) is 6.54 Å². The molecule has 1 aromatic rings. The standard InChI is InChI=1S/C9H8ClN5O3/c10-7-2-1-6(3-11-7)5-14-8(16)4-12-9(14)13-15(17)18/h1-3H,4-5H2,(H,12,13). The highest BCUT2D eigenvalue weighted by atomic mass is 35.5. The molecule has 1 amide bonds. The van der Waals surface area contributed by atoms with Crippen molar-refractivity contribution in [2.24, 2.45) is 5.10 Å². The number of carbonyl (C=O) groups excluding carboxylic acids is 1. The number of nitrogens with zero attached hydrogens (tertiary/aromatic N) is 4. The summed E-state index contributed by atoms with van der Waals surface area (Å²) in [6, 6.07) is 3.26. The van der Waals surface area contributed by atoms with Crippen molar-refractivity contribution in [1.29, 1.82) is 0 Å². The first-order valence-corrected chi connectivity index (χ1v) is 5.32. The van der Waals surface area contributed by atoms with Gasteiger partial charge in [-0.15, -0.1) is 0 Å². The number of hydrogen-bond acceptors (Lipinski definition) is 4. The molecule has 0 unspecified atom stereocenters. The first-order chi connectivity index (χ1) is 8.56. The van der Waals surface area contributed by atoms with E-state index in [0.717, 1.165) is 0 Å². The van der Waals surface area contributed by atoms with Crippen LogP contribution < -0.4 is 5.32 Å². The van der Waals surface area contributed by atoms with Crippen LogP contribution in [0.2, 0.25) is 5.15 Å². The number of nitro groups is 1. The molecule has 8 nitrogen and oxygen atoms in total. The Kier molecular flexibility index (Phi) is 3.38. The first kappa shape index (κ1) is 12.2. The van der Waals surface area contributed by atoms with Gasteiger partial charge in [0.25, 0.3) is 5.96 Å². The molecule has 1 aliphatic rings. The van der Waals surface area contributed by atoms with E-state index in [9.17, 15) is 14.9 Å². The van der Waals surface area contributed by atoms with Crippen molar-refractivity contribution in [3.8, 4) is 0 Å². The Morgan fingerprint density at radius 1 is 1.61 bits per heavy atom. The minimum Gasteiger partial charge on any atom is -0.341 e. The van der Waals surface area contributed by atoms with Gasteiger partial charge in [0, 0.05) is 6.20 Å². The largest absolute Gasteiger partial charge is 0.341 e. The van der Waals surface area contributed by atoms with E-state index in [2.05, 4.69) is 15.4 Å². The number of rotatable bonds is 3. The average Bonchev–Trinajstić information content (AvgIpc) is 2.64. The third-order valence-electron chi connectivity index (χ3n) is 2.26. The minimum atomic E-state index is -0.853. The highest BCUT2D eigenvalue weighted by Gasteiger charge is 2.29. The molecular weight excluding hydrogens is 262 g/mol. The average molecular weight is 270 g/mol. The number of halogens is 1. The summed E-state index contributed by atoms with van der Waals surface area (Å²) >= 11 is 5.64. The summed E-state index contributed by atoms with van der Waals surface area (Å²) in [5, 5.41) is 15.5. The summed E-state index contributed by atoms with van der Waals surface area (Å²) in [4.78, 5) is 26.9. The minimum absolute atomic E-state index is 0.00626. The van der Waals surface area contributed by atoms with E-state index < -0.39 is 5.03 Å². The zero-order chi connectivity index (χ0) is 13.1. The van der Waals surface area contributed by atoms with E-state index in [1.165, 1.54) is 11.1 Å². The molecule has 9 heteroatoms. The second kappa shape index (κ2) is 4.96. The maximum absolute atomic E-state index is 11.6. The Labute approximate surface area is 106 Å². The molecule has 1 aromatic heterocycles. The van der Waals surface area contributed by atoms with Crippen LogP contribution in [0.1, 0.15) is 5.56 Å². The molecule has 0 aliphatic carbocycles. The van der Waals surface area contributed by atoms with Gasteiger partial charge in [-0.2, -0.15) is 0 Å². The van der Waals surface area contributed by atoms with Crippen LogP contribution in [-0.4, -0.2) is 33.3 Å². The van der Waals surface area contributed by atoms with Crippen molar-refractivity contribution in [3.05, 3.63) is 39.2 Å². The van der Waals surface area contributed by atoms with Crippen LogP contribution in [0.3, 0.4) is 0 Å². The Hall–Kier alpha value is -2.22. The first-order valence-electron chi connectivity index (χ1n) is 4.94. The summed E-state index contributed by atoms with van der Waals surface area (Å²) in [6.07, 6.45) is 1.50. The van der Waals surface area contributed by atoms with Crippen LogP contribution in [0.5, 0.6) is 0 Å². The molecule has 0 radical (unpaired) electrons. The lowest BCUT2D eigenvalue weighted by atomic mass is 10.3. The van der Waals surface area contributed by atoms with Crippen LogP contribution in [0, 0.1) is 10.1 Å². The quantitative estimate of drug-likeness (QED) is 0.480. The summed E-state index contributed by atoms with van der Waals surface area (Å²) in [5.74, 6) is -0.356. The van der Waals surface area contributed by atoms with Gasteiger partial charge in [-0.1, -0.05) is 17.7 Å². The summed E-state index contributed by atoms with van der Waals surface area (Å²) in [6.45, 7) is 0.149. The Morgan fingerprint density at radius 3 is 3.00 bits per heavy atom. The van der Waals surface area contributed by atoms with E-state index in [0.29, 0.717) is 10.7 Å². The van der Waals surface area contributed by atoms with E-state index in [-0.39, 0.29) is 25.0 Å². The van der Waals surface area contributed by atoms with E-state index in [1.54, 1.807) is 12.1 Å². The number of aromatic nitrogens is 1. The molecule has 94 valence electrons. The van der Waals surface area contributed by atoms with Crippen LogP contribution in [-0.2, 0) is 11.3 Å². The summed E-state index contributed by atoms with van der Waals surface area (Å²) < 4.78 is 0. The van der Waals surface area contributed by atoms with Crippen LogP contribution in [0.25, 0.3) is 0 Å². The van der Waals surface area contributed by atoms with Crippen molar-refractivity contribution >= 4 is 23.5 Å². The molecule has 0 bridgehead atoms. The van der Waals surface area contributed by atoms with Gasteiger partial charge in [0.2, 0.25) is 5.91 Å². The SMILES string of the molecule is O=C1CN/C(=N/[N+](=O)[O-])N1Cc1ccc(Cl)nc1. The van der Waals surface area contributed by atoms with Crippen molar-refractivity contribution in [1.82, 2.24) is 15.2 Å². The Morgan fingerprint density at radius 2 is 2.39 bits per heavy atom. The molecule has 18 heavy (non-hydrogen) atoms. The van der Waals surface area contributed by atoms with Crippen molar-refractivity contribution < 1.29 is 9.83 Å². The fourth-order valence-corrected chi connectivity index (χ4v) is 1.59. The maximum atomic E-state index is 11.6. The number of amides is 1. The second-order valence-corrected chi connectivity index (χ2v) is 3.87. The molecule has 1 fully saturated rings. The zero-order valence-electron chi connectivity index (χ0n) is 9.04. The molecule has 0 aromatic carbocycles. The summed E-state index contributed by atoms with van der Waals surface area (Å²) in [5.41, 5.74) is 0.701. The topological polar surface area (TPSA) is 101 Å². The fraction of sp³-hybridized carbons (Fsp3) is 0.222. The van der Waals surface area contributed by atoms with Crippen LogP contribution in [0.15, 0.2) is 23.4 Å². The molecule has 0 atom stereocenters. The highest BCUT2D eigenvalue weighted by Crippen LogP contribution is 2.10. The Balaban J connectivity index is 2.17. The Bertz CT molecular complexity index is 515. The van der Waals surface area contributed by atoms with Gasteiger partial charge in [-0.05, 0) is 11.6 Å². The predicted molar refractivity (Wildman–Crippen MR) is 62.2 cm³/mol. The smallest absolute Gasteiger partial charge is 0.278 e. The van der Waals surface area contributed by atoms with Gasteiger partial charge in [0.1, 0.15) is 10.3 Å². The van der Waals surface area contributed by atoms with Gasteiger partial charge in [0.05, 0.1) is 13.1 Å². The van der Waals surface area contributed by atoms with Crippen LogP contribution in [0.4, 0.5) is 0 Å². The number of hydrazone groups is 1. The lowest BCUT2D eigenvalue weighted by Gasteiger charge is -2.13. The molecule has 2 heterocycles. The van der Waals surface area contributed by atoms with Crippen LogP contribution >= 0.6 is 11.6 Å². The zero-order valence-corrected chi connectivity index (χ0v) is 9.79. The maximum Gasteiger partial charge on any atom is 0.278 e. The number of hydrogen-bond donors (Lipinski definition) is 1.